The predicted molar refractivity (Wildman–Crippen MR) is 53.3 cm³/mol. The Morgan fingerprint density at radius 3 is 2.73 bits per heavy atom. The summed E-state index contributed by atoms with van der Waals surface area (Å²) in [6, 6.07) is 0.446. The third-order valence-electron chi connectivity index (χ3n) is 2.77. The predicted octanol–water partition coefficient (Wildman–Crippen LogP) is 0.450. The van der Waals surface area contributed by atoms with Crippen molar-refractivity contribution in [2.75, 3.05) is 26.2 Å². The summed E-state index contributed by atoms with van der Waals surface area (Å²) in [4.78, 5) is 26.4. The summed E-state index contributed by atoms with van der Waals surface area (Å²) >= 11 is 0. The third-order valence-corrected chi connectivity index (χ3v) is 2.77. The van der Waals surface area contributed by atoms with Crippen LogP contribution < -0.4 is 0 Å². The second kappa shape index (κ2) is 4.08. The van der Waals surface area contributed by atoms with E-state index in [1.807, 2.05) is 4.90 Å². The van der Waals surface area contributed by atoms with Crippen LogP contribution in [0.2, 0.25) is 0 Å². The highest BCUT2D eigenvalue weighted by atomic mass is 16.6. The number of carbonyl (C=O) groups is 2. The van der Waals surface area contributed by atoms with Crippen molar-refractivity contribution in [3.05, 3.63) is 0 Å². The van der Waals surface area contributed by atoms with Crippen molar-refractivity contribution in [3.8, 4) is 0 Å². The molecule has 0 aromatic carbocycles. The number of piperazine rings is 1. The standard InChI is InChI=1S/C10H16N2O3/c1-2-15-10(14)11-5-6-12(8-3-4-8)9(13)7-11/h8H,2-7H2,1H3. The van der Waals surface area contributed by atoms with Gasteiger partial charge in [0.1, 0.15) is 6.54 Å². The smallest absolute Gasteiger partial charge is 0.410 e. The number of amides is 2. The second-order valence-corrected chi connectivity index (χ2v) is 3.94. The van der Waals surface area contributed by atoms with Crippen LogP contribution in [0.15, 0.2) is 0 Å². The van der Waals surface area contributed by atoms with Gasteiger partial charge in [-0.2, -0.15) is 0 Å². The topological polar surface area (TPSA) is 49.9 Å². The normalized spacial score (nSPS) is 21.8. The zero-order valence-corrected chi connectivity index (χ0v) is 8.94. The number of hydrogen-bond donors (Lipinski definition) is 0. The molecule has 2 aliphatic rings. The molecule has 0 aromatic rings. The Balaban J connectivity index is 1.87. The Morgan fingerprint density at radius 1 is 1.47 bits per heavy atom. The van der Waals surface area contributed by atoms with Gasteiger partial charge in [0.15, 0.2) is 0 Å². The molecule has 1 aliphatic carbocycles. The van der Waals surface area contributed by atoms with Crippen molar-refractivity contribution < 1.29 is 14.3 Å². The van der Waals surface area contributed by atoms with Crippen molar-refractivity contribution >= 4 is 12.0 Å². The van der Waals surface area contributed by atoms with Gasteiger partial charge in [-0.15, -0.1) is 0 Å². The van der Waals surface area contributed by atoms with Gasteiger partial charge in [-0.1, -0.05) is 0 Å². The molecule has 2 amide bonds. The van der Waals surface area contributed by atoms with E-state index in [1.165, 1.54) is 4.90 Å². The molecule has 0 bridgehead atoms. The molecule has 0 radical (unpaired) electrons. The Bertz CT molecular complexity index is 276. The average molecular weight is 212 g/mol. The lowest BCUT2D eigenvalue weighted by atomic mass is 10.3. The maximum atomic E-state index is 11.7. The molecule has 5 nitrogen and oxygen atoms in total. The molecule has 2 fully saturated rings. The molecule has 2 rings (SSSR count). The van der Waals surface area contributed by atoms with Gasteiger partial charge in [0.05, 0.1) is 6.61 Å². The number of rotatable bonds is 2. The van der Waals surface area contributed by atoms with Gasteiger partial charge >= 0.3 is 6.09 Å². The molecule has 5 heteroatoms. The molecule has 0 unspecified atom stereocenters. The van der Waals surface area contributed by atoms with Crippen LogP contribution in [0.1, 0.15) is 19.8 Å². The maximum absolute atomic E-state index is 11.7. The largest absolute Gasteiger partial charge is 0.450 e. The van der Waals surface area contributed by atoms with E-state index in [1.54, 1.807) is 6.92 Å². The van der Waals surface area contributed by atoms with E-state index in [9.17, 15) is 9.59 Å². The lowest BCUT2D eigenvalue weighted by molar-refractivity contribution is -0.136. The summed E-state index contributed by atoms with van der Waals surface area (Å²) in [7, 11) is 0. The Morgan fingerprint density at radius 2 is 2.20 bits per heavy atom. The van der Waals surface area contributed by atoms with Crippen LogP contribution in [0.3, 0.4) is 0 Å². The maximum Gasteiger partial charge on any atom is 0.410 e. The van der Waals surface area contributed by atoms with E-state index in [-0.39, 0.29) is 18.5 Å². The SMILES string of the molecule is CCOC(=O)N1CCN(C2CC2)C(=O)C1. The average Bonchev–Trinajstić information content (AvgIpc) is 3.01. The quantitative estimate of drug-likeness (QED) is 0.667. The molecule has 0 N–H and O–H groups in total. The first-order valence-corrected chi connectivity index (χ1v) is 5.43. The summed E-state index contributed by atoms with van der Waals surface area (Å²) in [5, 5.41) is 0. The van der Waals surface area contributed by atoms with Crippen LogP contribution in [0, 0.1) is 0 Å². The van der Waals surface area contributed by atoms with Gasteiger partial charge in [-0.25, -0.2) is 4.79 Å². The molecular weight excluding hydrogens is 196 g/mol. The summed E-state index contributed by atoms with van der Waals surface area (Å²) in [5.74, 6) is 0.0526. The van der Waals surface area contributed by atoms with E-state index in [2.05, 4.69) is 0 Å². The van der Waals surface area contributed by atoms with Gasteiger partial charge in [0.2, 0.25) is 5.91 Å². The summed E-state index contributed by atoms with van der Waals surface area (Å²) < 4.78 is 4.86. The fourth-order valence-corrected chi connectivity index (χ4v) is 1.83. The first-order valence-electron chi connectivity index (χ1n) is 5.43. The van der Waals surface area contributed by atoms with Crippen LogP contribution in [0.5, 0.6) is 0 Å². The molecule has 0 spiro atoms. The highest BCUT2D eigenvalue weighted by Crippen LogP contribution is 2.28. The Hall–Kier alpha value is -1.26. The monoisotopic (exact) mass is 212 g/mol. The van der Waals surface area contributed by atoms with Gasteiger partial charge in [-0.3, -0.25) is 9.69 Å². The molecule has 1 saturated heterocycles. The lowest BCUT2D eigenvalue weighted by Gasteiger charge is -2.33. The van der Waals surface area contributed by atoms with Crippen molar-refractivity contribution in [3.63, 3.8) is 0 Å². The van der Waals surface area contributed by atoms with E-state index in [0.717, 1.165) is 12.8 Å². The summed E-state index contributed by atoms with van der Waals surface area (Å²) in [6.07, 6.45) is 1.86. The van der Waals surface area contributed by atoms with Gasteiger partial charge < -0.3 is 9.64 Å². The summed E-state index contributed by atoms with van der Waals surface area (Å²) in [5.41, 5.74) is 0. The third kappa shape index (κ3) is 2.22. The molecule has 0 aromatic heterocycles. The minimum Gasteiger partial charge on any atom is -0.450 e. The number of ether oxygens (including phenoxy) is 1. The molecular formula is C10H16N2O3. The zero-order chi connectivity index (χ0) is 10.8. The number of carbonyl (C=O) groups excluding carboxylic acids is 2. The minimum atomic E-state index is -0.374. The number of nitrogens with zero attached hydrogens (tertiary/aromatic N) is 2. The summed E-state index contributed by atoms with van der Waals surface area (Å²) in [6.45, 7) is 3.55. The van der Waals surface area contributed by atoms with Crippen molar-refractivity contribution in [1.29, 1.82) is 0 Å². The molecule has 84 valence electrons. The fourth-order valence-electron chi connectivity index (χ4n) is 1.83. The lowest BCUT2D eigenvalue weighted by Crippen LogP contribution is -2.53. The highest BCUT2D eigenvalue weighted by Gasteiger charge is 2.36. The van der Waals surface area contributed by atoms with Crippen LogP contribution in [-0.2, 0) is 9.53 Å². The van der Waals surface area contributed by atoms with E-state index >= 15 is 0 Å². The van der Waals surface area contributed by atoms with E-state index < -0.39 is 0 Å². The first-order chi connectivity index (χ1) is 7.22. The van der Waals surface area contributed by atoms with Gasteiger partial charge in [-0.05, 0) is 19.8 Å². The van der Waals surface area contributed by atoms with E-state index in [4.69, 9.17) is 4.74 Å². The Labute approximate surface area is 89.0 Å². The molecule has 1 heterocycles. The molecule has 0 atom stereocenters. The fraction of sp³-hybridized carbons (Fsp3) is 0.800. The highest BCUT2D eigenvalue weighted by molar-refractivity contribution is 5.84. The van der Waals surface area contributed by atoms with Crippen LogP contribution in [-0.4, -0.2) is 54.1 Å². The van der Waals surface area contributed by atoms with Crippen LogP contribution in [0.25, 0.3) is 0 Å². The van der Waals surface area contributed by atoms with Crippen molar-refractivity contribution in [1.82, 2.24) is 9.80 Å². The zero-order valence-electron chi connectivity index (χ0n) is 8.94. The second-order valence-electron chi connectivity index (χ2n) is 3.94. The van der Waals surface area contributed by atoms with Crippen molar-refractivity contribution in [2.45, 2.75) is 25.8 Å². The first kappa shape index (κ1) is 10.3. The molecule has 1 saturated carbocycles. The number of hydrogen-bond acceptors (Lipinski definition) is 3. The molecule has 1 aliphatic heterocycles. The van der Waals surface area contributed by atoms with Crippen LogP contribution >= 0.6 is 0 Å². The molecule has 15 heavy (non-hydrogen) atoms. The van der Waals surface area contributed by atoms with Crippen molar-refractivity contribution in [2.24, 2.45) is 0 Å². The Kier molecular flexibility index (Phi) is 2.79. The van der Waals surface area contributed by atoms with E-state index in [0.29, 0.717) is 25.7 Å². The minimum absolute atomic E-state index is 0.0526. The van der Waals surface area contributed by atoms with Crippen LogP contribution in [0.4, 0.5) is 4.79 Å². The van der Waals surface area contributed by atoms with Gasteiger partial charge in [0.25, 0.3) is 0 Å². The van der Waals surface area contributed by atoms with Gasteiger partial charge in [0, 0.05) is 19.1 Å².